The molecule has 0 spiro atoms. The van der Waals surface area contributed by atoms with Gasteiger partial charge < -0.3 is 10.2 Å². The lowest BCUT2D eigenvalue weighted by molar-refractivity contribution is 0.314. The monoisotopic (exact) mass is 246 g/mol. The zero-order valence-electron chi connectivity index (χ0n) is 12.2. The minimum absolute atomic E-state index is 0.259. The number of rotatable bonds is 3. The highest BCUT2D eigenvalue weighted by molar-refractivity contribution is 5.49. The maximum Gasteiger partial charge on any atom is 0.0367 e. The molecule has 1 heterocycles. The Labute approximate surface area is 111 Å². The van der Waals surface area contributed by atoms with Crippen LogP contribution < -0.4 is 10.2 Å². The molecule has 0 bridgehead atoms. The van der Waals surface area contributed by atoms with Crippen LogP contribution >= 0.6 is 0 Å². The van der Waals surface area contributed by atoms with Gasteiger partial charge in [-0.25, -0.2) is 0 Å². The summed E-state index contributed by atoms with van der Waals surface area (Å²) in [6.07, 6.45) is 1.17. The fourth-order valence-electron chi connectivity index (χ4n) is 2.58. The van der Waals surface area contributed by atoms with E-state index in [0.717, 1.165) is 19.6 Å². The number of hydrogen-bond donors (Lipinski definition) is 1. The van der Waals surface area contributed by atoms with E-state index < -0.39 is 0 Å². The van der Waals surface area contributed by atoms with Crippen molar-refractivity contribution in [2.75, 3.05) is 24.5 Å². The Balaban J connectivity index is 2.11. The Hall–Kier alpha value is -1.02. The molecule has 1 saturated heterocycles. The molecule has 0 aliphatic carbocycles. The molecule has 1 N–H and O–H groups in total. The third-order valence-corrected chi connectivity index (χ3v) is 4.18. The van der Waals surface area contributed by atoms with Gasteiger partial charge >= 0.3 is 0 Å². The van der Waals surface area contributed by atoms with Gasteiger partial charge in [0.15, 0.2) is 0 Å². The molecule has 1 aliphatic heterocycles. The van der Waals surface area contributed by atoms with Crippen molar-refractivity contribution in [3.8, 4) is 0 Å². The van der Waals surface area contributed by atoms with Crippen molar-refractivity contribution < 1.29 is 0 Å². The predicted molar refractivity (Wildman–Crippen MR) is 79.4 cm³/mol. The van der Waals surface area contributed by atoms with Gasteiger partial charge in [0, 0.05) is 30.9 Å². The van der Waals surface area contributed by atoms with E-state index in [-0.39, 0.29) is 5.54 Å². The second kappa shape index (κ2) is 5.31. The number of hydrogen-bond acceptors (Lipinski definition) is 2. The first kappa shape index (κ1) is 13.4. The molecule has 0 amide bonds. The summed E-state index contributed by atoms with van der Waals surface area (Å²) >= 11 is 0. The molecule has 1 fully saturated rings. The van der Waals surface area contributed by atoms with Crippen molar-refractivity contribution >= 4 is 5.69 Å². The lowest BCUT2D eigenvalue weighted by Gasteiger charge is -2.42. The minimum Gasteiger partial charge on any atom is -0.368 e. The summed E-state index contributed by atoms with van der Waals surface area (Å²) in [5, 5.41) is 3.63. The van der Waals surface area contributed by atoms with Gasteiger partial charge in [0.25, 0.3) is 0 Å². The zero-order chi connectivity index (χ0) is 13.2. The van der Waals surface area contributed by atoms with Crippen LogP contribution in [0.3, 0.4) is 0 Å². The fourth-order valence-corrected chi connectivity index (χ4v) is 2.58. The molecule has 0 aromatic heterocycles. The van der Waals surface area contributed by atoms with Crippen molar-refractivity contribution in [1.29, 1.82) is 0 Å². The smallest absolute Gasteiger partial charge is 0.0367 e. The predicted octanol–water partition coefficient (Wildman–Crippen LogP) is 3.39. The molecule has 0 radical (unpaired) electrons. The topological polar surface area (TPSA) is 15.3 Å². The van der Waals surface area contributed by atoms with Crippen LogP contribution in [0, 0.1) is 0 Å². The molecule has 2 rings (SSSR count). The zero-order valence-corrected chi connectivity index (χ0v) is 12.2. The SMILES string of the molecule is CCC1(C)CN(c2ccc(C(C)C)cc2)CCN1. The van der Waals surface area contributed by atoms with Crippen LogP contribution in [-0.2, 0) is 0 Å². The number of piperazine rings is 1. The molecule has 2 nitrogen and oxygen atoms in total. The summed E-state index contributed by atoms with van der Waals surface area (Å²) in [5.41, 5.74) is 3.04. The van der Waals surface area contributed by atoms with Crippen molar-refractivity contribution in [3.63, 3.8) is 0 Å². The number of anilines is 1. The van der Waals surface area contributed by atoms with E-state index in [4.69, 9.17) is 0 Å². The molecule has 2 heteroatoms. The van der Waals surface area contributed by atoms with Gasteiger partial charge in [0.05, 0.1) is 0 Å². The second-order valence-electron chi connectivity index (χ2n) is 6.01. The first-order valence-electron chi connectivity index (χ1n) is 7.14. The largest absolute Gasteiger partial charge is 0.368 e. The van der Waals surface area contributed by atoms with Crippen LogP contribution in [0.2, 0.25) is 0 Å². The molecule has 1 aliphatic rings. The number of nitrogens with one attached hydrogen (secondary N) is 1. The van der Waals surface area contributed by atoms with Gasteiger partial charge in [0.1, 0.15) is 0 Å². The lowest BCUT2D eigenvalue weighted by Crippen LogP contribution is -2.58. The maximum atomic E-state index is 3.63. The molecule has 1 aromatic rings. The summed E-state index contributed by atoms with van der Waals surface area (Å²) in [7, 11) is 0. The number of nitrogens with zero attached hydrogens (tertiary/aromatic N) is 1. The lowest BCUT2D eigenvalue weighted by atomic mass is 9.95. The Morgan fingerprint density at radius 2 is 1.94 bits per heavy atom. The highest BCUT2D eigenvalue weighted by atomic mass is 15.2. The Morgan fingerprint density at radius 3 is 2.50 bits per heavy atom. The van der Waals surface area contributed by atoms with E-state index in [9.17, 15) is 0 Å². The Bertz CT molecular complexity index is 383. The summed E-state index contributed by atoms with van der Waals surface area (Å²) < 4.78 is 0. The van der Waals surface area contributed by atoms with Gasteiger partial charge in [-0.05, 0) is 37.0 Å². The van der Waals surface area contributed by atoms with E-state index in [1.165, 1.54) is 17.7 Å². The van der Waals surface area contributed by atoms with Crippen molar-refractivity contribution in [2.45, 2.75) is 45.6 Å². The van der Waals surface area contributed by atoms with Gasteiger partial charge in [-0.1, -0.05) is 32.9 Å². The second-order valence-corrected chi connectivity index (χ2v) is 6.01. The molecule has 0 saturated carbocycles. The van der Waals surface area contributed by atoms with Gasteiger partial charge in [0.2, 0.25) is 0 Å². The van der Waals surface area contributed by atoms with Crippen LogP contribution in [0.1, 0.15) is 45.6 Å². The minimum atomic E-state index is 0.259. The Kier molecular flexibility index (Phi) is 3.96. The summed E-state index contributed by atoms with van der Waals surface area (Å²) in [4.78, 5) is 2.50. The third kappa shape index (κ3) is 2.86. The van der Waals surface area contributed by atoms with Crippen LogP contribution in [0.15, 0.2) is 24.3 Å². The molecule has 1 aromatic carbocycles. The first-order chi connectivity index (χ1) is 8.54. The first-order valence-corrected chi connectivity index (χ1v) is 7.14. The van der Waals surface area contributed by atoms with Crippen molar-refractivity contribution in [1.82, 2.24) is 5.32 Å². The van der Waals surface area contributed by atoms with E-state index in [1.807, 2.05) is 0 Å². The third-order valence-electron chi connectivity index (χ3n) is 4.18. The fraction of sp³-hybridized carbons (Fsp3) is 0.625. The average molecular weight is 246 g/mol. The van der Waals surface area contributed by atoms with Crippen LogP contribution in [0.25, 0.3) is 0 Å². The van der Waals surface area contributed by atoms with E-state index >= 15 is 0 Å². The van der Waals surface area contributed by atoms with Gasteiger partial charge in [-0.2, -0.15) is 0 Å². The van der Waals surface area contributed by atoms with E-state index in [0.29, 0.717) is 5.92 Å². The number of benzene rings is 1. The van der Waals surface area contributed by atoms with Crippen molar-refractivity contribution in [2.24, 2.45) is 0 Å². The Morgan fingerprint density at radius 1 is 1.28 bits per heavy atom. The van der Waals surface area contributed by atoms with Crippen LogP contribution in [-0.4, -0.2) is 25.2 Å². The molecular formula is C16H26N2. The molecule has 1 unspecified atom stereocenters. The standard InChI is InChI=1S/C16H26N2/c1-5-16(4)12-18(11-10-17-16)15-8-6-14(7-9-15)13(2)3/h6-9,13,17H,5,10-12H2,1-4H3. The molecule has 18 heavy (non-hydrogen) atoms. The normalized spacial score (nSPS) is 24.6. The molecule has 100 valence electrons. The van der Waals surface area contributed by atoms with Crippen molar-refractivity contribution in [3.05, 3.63) is 29.8 Å². The van der Waals surface area contributed by atoms with Gasteiger partial charge in [-0.3, -0.25) is 0 Å². The van der Waals surface area contributed by atoms with Crippen LogP contribution in [0.4, 0.5) is 5.69 Å². The highest BCUT2D eigenvalue weighted by Gasteiger charge is 2.28. The molecular weight excluding hydrogens is 220 g/mol. The summed E-state index contributed by atoms with van der Waals surface area (Å²) in [5.74, 6) is 0.614. The quantitative estimate of drug-likeness (QED) is 0.879. The van der Waals surface area contributed by atoms with Gasteiger partial charge in [-0.15, -0.1) is 0 Å². The van der Waals surface area contributed by atoms with E-state index in [2.05, 4.69) is 62.2 Å². The summed E-state index contributed by atoms with van der Waals surface area (Å²) in [6, 6.07) is 9.09. The molecule has 1 atom stereocenters. The average Bonchev–Trinajstić information content (AvgIpc) is 2.39. The van der Waals surface area contributed by atoms with Crippen LogP contribution in [0.5, 0.6) is 0 Å². The van der Waals surface area contributed by atoms with E-state index in [1.54, 1.807) is 0 Å². The highest BCUT2D eigenvalue weighted by Crippen LogP contribution is 2.24. The summed E-state index contributed by atoms with van der Waals surface area (Å²) in [6.45, 7) is 12.4. The maximum absolute atomic E-state index is 3.63.